The minimum Gasteiger partial charge on any atom is -0.258 e. The van der Waals surface area contributed by atoms with E-state index in [2.05, 4.69) is 20.3 Å². The fourth-order valence-electron chi connectivity index (χ4n) is 2.53. The van der Waals surface area contributed by atoms with Gasteiger partial charge in [0.15, 0.2) is 11.2 Å². The van der Waals surface area contributed by atoms with Gasteiger partial charge in [-0.15, -0.1) is 5.10 Å². The molecule has 4 rings (SSSR count). The summed E-state index contributed by atoms with van der Waals surface area (Å²) in [5.41, 5.74) is 2.76. The van der Waals surface area contributed by atoms with E-state index < -0.39 is 4.92 Å². The zero-order valence-corrected chi connectivity index (χ0v) is 15.3. The second kappa shape index (κ2) is 7.29. The number of nitro benzene ring substituents is 1. The van der Waals surface area contributed by atoms with E-state index in [1.54, 1.807) is 28.9 Å². The number of hydrogen-bond acceptors (Lipinski definition) is 7. The maximum atomic E-state index is 10.9. The van der Waals surface area contributed by atoms with Crippen LogP contribution in [0.3, 0.4) is 0 Å². The Morgan fingerprint density at radius 3 is 2.81 bits per heavy atom. The van der Waals surface area contributed by atoms with Gasteiger partial charge in [-0.3, -0.25) is 10.1 Å². The summed E-state index contributed by atoms with van der Waals surface area (Å²) < 4.78 is 1.60. The van der Waals surface area contributed by atoms with Crippen molar-refractivity contribution < 1.29 is 4.92 Å². The van der Waals surface area contributed by atoms with Crippen molar-refractivity contribution in [3.8, 4) is 5.69 Å². The second-order valence-corrected chi connectivity index (χ2v) is 6.95. The first kappa shape index (κ1) is 17.4. The summed E-state index contributed by atoms with van der Waals surface area (Å²) in [6, 6.07) is 13.7. The van der Waals surface area contributed by atoms with Crippen LogP contribution in [0.5, 0.6) is 0 Å². The van der Waals surface area contributed by atoms with Crippen molar-refractivity contribution in [2.24, 2.45) is 0 Å². The summed E-state index contributed by atoms with van der Waals surface area (Å²) in [6.45, 7) is 0. The van der Waals surface area contributed by atoms with Gasteiger partial charge in [0.25, 0.3) is 5.69 Å². The molecule has 0 aliphatic rings. The number of rotatable bonds is 5. The number of thioether (sulfide) groups is 1. The molecule has 0 N–H and O–H groups in total. The summed E-state index contributed by atoms with van der Waals surface area (Å²) in [5.74, 6) is 0.512. The van der Waals surface area contributed by atoms with Gasteiger partial charge in [0, 0.05) is 22.9 Å². The van der Waals surface area contributed by atoms with E-state index in [9.17, 15) is 10.1 Å². The van der Waals surface area contributed by atoms with Crippen LogP contribution in [0.15, 0.2) is 59.9 Å². The van der Waals surface area contributed by atoms with Crippen LogP contribution in [0.2, 0.25) is 5.02 Å². The largest absolute Gasteiger partial charge is 0.269 e. The predicted molar refractivity (Wildman–Crippen MR) is 102 cm³/mol. The molecule has 0 amide bonds. The summed E-state index contributed by atoms with van der Waals surface area (Å²) in [4.78, 5) is 19.1. The topological polar surface area (TPSA) is 99.6 Å². The van der Waals surface area contributed by atoms with Gasteiger partial charge in [-0.2, -0.15) is 4.68 Å². The second-order valence-electron chi connectivity index (χ2n) is 5.55. The molecule has 2 heterocycles. The summed E-state index contributed by atoms with van der Waals surface area (Å²) >= 11 is 7.47. The number of nitrogens with zero attached hydrogens (tertiary/aromatic N) is 6. The molecule has 134 valence electrons. The molecule has 0 aliphatic heterocycles. The smallest absolute Gasteiger partial charge is 0.258 e. The van der Waals surface area contributed by atoms with Crippen LogP contribution in [-0.2, 0) is 5.75 Å². The Balaban J connectivity index is 1.64. The van der Waals surface area contributed by atoms with Gasteiger partial charge >= 0.3 is 0 Å². The average molecular weight is 399 g/mol. The van der Waals surface area contributed by atoms with Crippen LogP contribution in [-0.4, -0.2) is 29.9 Å². The number of benzene rings is 2. The first-order valence-corrected chi connectivity index (χ1v) is 9.16. The van der Waals surface area contributed by atoms with Gasteiger partial charge in [0.2, 0.25) is 0 Å². The first-order valence-electron chi connectivity index (χ1n) is 7.80. The predicted octanol–water partition coefficient (Wildman–Crippen LogP) is 4.06. The summed E-state index contributed by atoms with van der Waals surface area (Å²) in [5, 5.41) is 20.5. The lowest BCUT2D eigenvalue weighted by Gasteiger charge is -2.03. The molecule has 8 nitrogen and oxygen atoms in total. The van der Waals surface area contributed by atoms with Gasteiger partial charge < -0.3 is 0 Å². The Hall–Kier alpha value is -3.04. The quantitative estimate of drug-likeness (QED) is 0.216. The van der Waals surface area contributed by atoms with Gasteiger partial charge in [-0.05, 0) is 23.8 Å². The lowest BCUT2D eigenvalue weighted by Crippen LogP contribution is -1.98. The Labute approximate surface area is 162 Å². The lowest BCUT2D eigenvalue weighted by atomic mass is 10.2. The molecular formula is C17H11ClN6O2S. The van der Waals surface area contributed by atoms with Crippen molar-refractivity contribution >= 4 is 40.2 Å². The fourth-order valence-corrected chi connectivity index (χ4v) is 3.59. The van der Waals surface area contributed by atoms with E-state index in [1.165, 1.54) is 24.2 Å². The number of fused-ring (bicyclic) bond motifs is 1. The molecule has 0 radical (unpaired) electrons. The van der Waals surface area contributed by atoms with E-state index >= 15 is 0 Å². The molecule has 4 aromatic rings. The summed E-state index contributed by atoms with van der Waals surface area (Å²) in [7, 11) is 0. The number of hydrogen-bond donors (Lipinski definition) is 0. The standard InChI is InChI=1S/C17H11ClN6O2S/c18-12-4-2-5-13(8-12)23-16-15(21-22-23)17(20-10-19-16)27-9-11-3-1-6-14(7-11)24(25)26/h1-8,10H,9H2. The molecule has 10 heteroatoms. The summed E-state index contributed by atoms with van der Waals surface area (Å²) in [6.07, 6.45) is 1.45. The average Bonchev–Trinajstić information content (AvgIpc) is 3.11. The molecule has 2 aromatic heterocycles. The maximum Gasteiger partial charge on any atom is 0.269 e. The highest BCUT2D eigenvalue weighted by molar-refractivity contribution is 7.98. The fraction of sp³-hybridized carbons (Fsp3) is 0.0588. The minimum atomic E-state index is -0.409. The van der Waals surface area contributed by atoms with Gasteiger partial charge in [0.1, 0.15) is 11.4 Å². The molecule has 0 bridgehead atoms. The lowest BCUT2D eigenvalue weighted by molar-refractivity contribution is -0.384. The molecule has 0 fully saturated rings. The molecular weight excluding hydrogens is 388 g/mol. The molecule has 0 aliphatic carbocycles. The van der Waals surface area contributed by atoms with E-state index in [-0.39, 0.29) is 5.69 Å². The van der Waals surface area contributed by atoms with Crippen LogP contribution >= 0.6 is 23.4 Å². The van der Waals surface area contributed by atoms with E-state index in [4.69, 9.17) is 11.6 Å². The van der Waals surface area contributed by atoms with Crippen molar-refractivity contribution in [3.05, 3.63) is 75.6 Å². The molecule has 0 saturated carbocycles. The SMILES string of the molecule is O=[N+]([O-])c1cccc(CSc2ncnc3c2nnn3-c2cccc(Cl)c2)c1. The third-order valence-corrected chi connectivity index (χ3v) is 5.04. The van der Waals surface area contributed by atoms with E-state index in [0.29, 0.717) is 27.0 Å². The molecule has 2 aromatic carbocycles. The van der Waals surface area contributed by atoms with E-state index in [0.717, 1.165) is 11.3 Å². The number of nitro groups is 1. The molecule has 27 heavy (non-hydrogen) atoms. The monoisotopic (exact) mass is 398 g/mol. The zero-order chi connectivity index (χ0) is 18.8. The molecule has 0 atom stereocenters. The number of halogens is 1. The highest BCUT2D eigenvalue weighted by Crippen LogP contribution is 2.28. The Kier molecular flexibility index (Phi) is 4.69. The van der Waals surface area contributed by atoms with Crippen LogP contribution in [0.1, 0.15) is 5.56 Å². The van der Waals surface area contributed by atoms with Crippen molar-refractivity contribution in [2.75, 3.05) is 0 Å². The van der Waals surface area contributed by atoms with Gasteiger partial charge in [-0.1, -0.05) is 46.8 Å². The highest BCUT2D eigenvalue weighted by Gasteiger charge is 2.14. The van der Waals surface area contributed by atoms with Crippen LogP contribution in [0.25, 0.3) is 16.9 Å². The first-order chi connectivity index (χ1) is 13.1. The van der Waals surface area contributed by atoms with Gasteiger partial charge in [0.05, 0.1) is 10.6 Å². The van der Waals surface area contributed by atoms with E-state index in [1.807, 2.05) is 18.2 Å². The molecule has 0 unspecified atom stereocenters. The third kappa shape index (κ3) is 3.60. The van der Waals surface area contributed by atoms with Crippen molar-refractivity contribution in [2.45, 2.75) is 10.8 Å². The maximum absolute atomic E-state index is 10.9. The van der Waals surface area contributed by atoms with Crippen LogP contribution in [0.4, 0.5) is 5.69 Å². The number of non-ortho nitro benzene ring substituents is 1. The minimum absolute atomic E-state index is 0.0628. The Morgan fingerprint density at radius 2 is 2.00 bits per heavy atom. The van der Waals surface area contributed by atoms with Gasteiger partial charge in [-0.25, -0.2) is 9.97 Å². The van der Waals surface area contributed by atoms with Crippen molar-refractivity contribution in [3.63, 3.8) is 0 Å². The van der Waals surface area contributed by atoms with Crippen LogP contribution < -0.4 is 0 Å². The Morgan fingerprint density at radius 1 is 1.15 bits per heavy atom. The highest BCUT2D eigenvalue weighted by atomic mass is 35.5. The van der Waals surface area contributed by atoms with Crippen LogP contribution in [0, 0.1) is 10.1 Å². The molecule has 0 saturated heterocycles. The van der Waals surface area contributed by atoms with Crippen molar-refractivity contribution in [1.82, 2.24) is 25.0 Å². The zero-order valence-electron chi connectivity index (χ0n) is 13.7. The third-order valence-electron chi connectivity index (χ3n) is 3.75. The molecule has 0 spiro atoms. The number of aromatic nitrogens is 5. The normalized spacial score (nSPS) is 11.0. The van der Waals surface area contributed by atoms with Crippen molar-refractivity contribution in [1.29, 1.82) is 0 Å². The Bertz CT molecular complexity index is 1150.